The minimum absolute atomic E-state index is 0.180. The summed E-state index contributed by atoms with van der Waals surface area (Å²) in [7, 11) is 3.56. The molecule has 1 aliphatic rings. The van der Waals surface area contributed by atoms with Crippen molar-refractivity contribution < 1.29 is 9.53 Å². The summed E-state index contributed by atoms with van der Waals surface area (Å²) in [5.41, 5.74) is 0.892. The van der Waals surface area contributed by atoms with Crippen molar-refractivity contribution in [3.8, 4) is 17.1 Å². The number of amides is 1. The Balaban J connectivity index is 1.70. The van der Waals surface area contributed by atoms with Gasteiger partial charge in [-0.3, -0.25) is 4.79 Å². The molecule has 1 atom stereocenters. The number of carbonyl (C=O) groups excluding carboxylic acids is 1. The predicted molar refractivity (Wildman–Crippen MR) is 98.7 cm³/mol. The van der Waals surface area contributed by atoms with Gasteiger partial charge >= 0.3 is 0 Å². The highest BCUT2D eigenvalue weighted by molar-refractivity contribution is 7.99. The molecule has 0 spiro atoms. The normalized spacial score (nSPS) is 17.6. The minimum Gasteiger partial charge on any atom is -0.496 e. The number of ether oxygens (including phenoxy) is 1. The van der Waals surface area contributed by atoms with E-state index in [0.29, 0.717) is 11.8 Å². The number of nitrogens with zero attached hydrogens (tertiary/aromatic N) is 4. The van der Waals surface area contributed by atoms with Crippen molar-refractivity contribution in [1.29, 1.82) is 0 Å². The Kier molecular flexibility index (Phi) is 5.63. The van der Waals surface area contributed by atoms with Crippen LogP contribution in [0, 0.1) is 0 Å². The van der Waals surface area contributed by atoms with Crippen molar-refractivity contribution in [2.75, 3.05) is 19.4 Å². The lowest BCUT2D eigenvalue weighted by Crippen LogP contribution is -2.42. The molecule has 0 radical (unpaired) electrons. The first-order chi connectivity index (χ1) is 12.1. The lowest BCUT2D eigenvalue weighted by molar-refractivity contribution is -0.131. The Hall–Kier alpha value is -2.02. The lowest BCUT2D eigenvalue weighted by atomic mass is 10.0. The van der Waals surface area contributed by atoms with Crippen LogP contribution in [0.5, 0.6) is 5.75 Å². The summed E-state index contributed by atoms with van der Waals surface area (Å²) in [6.45, 7) is 3.00. The van der Waals surface area contributed by atoms with E-state index in [9.17, 15) is 4.79 Å². The fourth-order valence-electron chi connectivity index (χ4n) is 3.18. The van der Waals surface area contributed by atoms with Gasteiger partial charge in [-0.15, -0.1) is 10.2 Å². The van der Waals surface area contributed by atoms with E-state index in [-0.39, 0.29) is 5.91 Å². The van der Waals surface area contributed by atoms with Gasteiger partial charge in [-0.2, -0.15) is 0 Å². The molecule has 1 fully saturated rings. The standard InChI is InChI=1S/C18H24N4O2S/c1-13-8-6-7-11-22(13)16(23)12-25-18-20-19-17(21(18)2)14-9-4-5-10-15(14)24-3/h4-5,9-10,13H,6-8,11-12H2,1-3H3/t13-/m1/s1. The zero-order valence-electron chi connectivity index (χ0n) is 14.9. The average Bonchev–Trinajstić information content (AvgIpc) is 3.00. The maximum Gasteiger partial charge on any atom is 0.233 e. The molecule has 3 rings (SSSR count). The first-order valence-corrected chi connectivity index (χ1v) is 9.55. The number of aromatic nitrogens is 3. The zero-order valence-corrected chi connectivity index (χ0v) is 15.8. The van der Waals surface area contributed by atoms with Crippen LogP contribution in [0.1, 0.15) is 26.2 Å². The number of carbonyl (C=O) groups is 1. The molecule has 0 unspecified atom stereocenters. The van der Waals surface area contributed by atoms with Crippen molar-refractivity contribution in [2.45, 2.75) is 37.4 Å². The molecule has 1 saturated heterocycles. The SMILES string of the molecule is COc1ccccc1-c1nnc(SCC(=O)N2CCCC[C@H]2C)n1C. The highest BCUT2D eigenvalue weighted by Crippen LogP contribution is 2.30. The van der Waals surface area contributed by atoms with Crippen LogP contribution in [0.3, 0.4) is 0 Å². The van der Waals surface area contributed by atoms with E-state index in [4.69, 9.17) is 4.74 Å². The molecule has 2 heterocycles. The van der Waals surface area contributed by atoms with Crippen LogP contribution in [-0.4, -0.2) is 51.0 Å². The lowest BCUT2D eigenvalue weighted by Gasteiger charge is -2.33. The molecule has 25 heavy (non-hydrogen) atoms. The maximum atomic E-state index is 12.5. The van der Waals surface area contributed by atoms with E-state index >= 15 is 0 Å². The van der Waals surface area contributed by atoms with Crippen molar-refractivity contribution in [3.63, 3.8) is 0 Å². The molecular weight excluding hydrogens is 336 g/mol. The average molecular weight is 360 g/mol. The van der Waals surface area contributed by atoms with Crippen molar-refractivity contribution in [1.82, 2.24) is 19.7 Å². The van der Waals surface area contributed by atoms with Crippen LogP contribution in [0.25, 0.3) is 11.4 Å². The van der Waals surface area contributed by atoms with Gasteiger partial charge in [0.2, 0.25) is 5.91 Å². The Morgan fingerprint density at radius 1 is 1.32 bits per heavy atom. The fourth-order valence-corrected chi connectivity index (χ4v) is 3.98. The van der Waals surface area contributed by atoms with Gasteiger partial charge in [0.1, 0.15) is 5.75 Å². The van der Waals surface area contributed by atoms with Gasteiger partial charge in [0.25, 0.3) is 0 Å². The van der Waals surface area contributed by atoms with Gasteiger partial charge in [-0.05, 0) is 38.3 Å². The largest absolute Gasteiger partial charge is 0.496 e. The second-order valence-electron chi connectivity index (χ2n) is 6.29. The van der Waals surface area contributed by atoms with Gasteiger partial charge in [-0.1, -0.05) is 23.9 Å². The Bertz CT molecular complexity index is 746. The van der Waals surface area contributed by atoms with Gasteiger partial charge in [0.05, 0.1) is 18.4 Å². The van der Waals surface area contributed by atoms with E-state index in [1.165, 1.54) is 18.2 Å². The van der Waals surface area contributed by atoms with Gasteiger partial charge < -0.3 is 14.2 Å². The predicted octanol–water partition coefficient (Wildman–Crippen LogP) is 2.98. The summed E-state index contributed by atoms with van der Waals surface area (Å²) >= 11 is 1.44. The van der Waals surface area contributed by atoms with E-state index in [2.05, 4.69) is 17.1 Å². The number of hydrogen-bond acceptors (Lipinski definition) is 5. The summed E-state index contributed by atoms with van der Waals surface area (Å²) in [4.78, 5) is 14.5. The molecule has 134 valence electrons. The molecular formula is C18H24N4O2S. The number of hydrogen-bond donors (Lipinski definition) is 0. The molecule has 0 bridgehead atoms. The highest BCUT2D eigenvalue weighted by atomic mass is 32.2. The molecule has 1 amide bonds. The number of benzene rings is 1. The van der Waals surface area contributed by atoms with Crippen molar-refractivity contribution >= 4 is 17.7 Å². The molecule has 0 N–H and O–H groups in total. The van der Waals surface area contributed by atoms with E-state index in [1.807, 2.05) is 40.8 Å². The molecule has 0 saturated carbocycles. The number of likely N-dealkylation sites (tertiary alicyclic amines) is 1. The summed E-state index contributed by atoms with van der Waals surface area (Å²) in [5.74, 6) is 2.06. The van der Waals surface area contributed by atoms with Gasteiger partial charge in [0, 0.05) is 19.6 Å². The zero-order chi connectivity index (χ0) is 17.8. The monoisotopic (exact) mass is 360 g/mol. The molecule has 0 aliphatic carbocycles. The topological polar surface area (TPSA) is 60.3 Å². The minimum atomic E-state index is 0.180. The summed E-state index contributed by atoms with van der Waals surface area (Å²) < 4.78 is 7.32. The maximum absolute atomic E-state index is 12.5. The second kappa shape index (κ2) is 7.91. The quantitative estimate of drug-likeness (QED) is 0.767. The van der Waals surface area contributed by atoms with Crippen LogP contribution in [0.15, 0.2) is 29.4 Å². The van der Waals surface area contributed by atoms with Crippen LogP contribution in [-0.2, 0) is 11.8 Å². The Morgan fingerprint density at radius 2 is 2.12 bits per heavy atom. The number of thioether (sulfide) groups is 1. The van der Waals surface area contributed by atoms with E-state index < -0.39 is 0 Å². The Morgan fingerprint density at radius 3 is 2.88 bits per heavy atom. The van der Waals surface area contributed by atoms with Crippen LogP contribution in [0.4, 0.5) is 0 Å². The Labute approximate surface area is 152 Å². The van der Waals surface area contributed by atoms with Crippen molar-refractivity contribution in [3.05, 3.63) is 24.3 Å². The van der Waals surface area contributed by atoms with Gasteiger partial charge in [-0.25, -0.2) is 0 Å². The molecule has 1 aliphatic heterocycles. The van der Waals surface area contributed by atoms with E-state index in [0.717, 1.165) is 41.7 Å². The third-order valence-electron chi connectivity index (χ3n) is 4.63. The molecule has 6 nitrogen and oxygen atoms in total. The molecule has 2 aromatic rings. The van der Waals surface area contributed by atoms with Crippen LogP contribution < -0.4 is 4.74 Å². The fraction of sp³-hybridized carbons (Fsp3) is 0.500. The summed E-state index contributed by atoms with van der Waals surface area (Å²) in [5, 5.41) is 9.28. The second-order valence-corrected chi connectivity index (χ2v) is 7.23. The van der Waals surface area contributed by atoms with Gasteiger partial charge in [0.15, 0.2) is 11.0 Å². The number of para-hydroxylation sites is 1. The van der Waals surface area contributed by atoms with E-state index in [1.54, 1.807) is 7.11 Å². The summed E-state index contributed by atoms with van der Waals surface area (Å²) in [6.07, 6.45) is 3.41. The smallest absolute Gasteiger partial charge is 0.233 e. The molecule has 1 aromatic heterocycles. The van der Waals surface area contributed by atoms with Crippen LogP contribution in [0.2, 0.25) is 0 Å². The van der Waals surface area contributed by atoms with Crippen LogP contribution >= 0.6 is 11.8 Å². The third kappa shape index (κ3) is 3.81. The number of methoxy groups -OCH3 is 1. The number of rotatable bonds is 5. The first kappa shape index (κ1) is 17.8. The highest BCUT2D eigenvalue weighted by Gasteiger charge is 2.24. The van der Waals surface area contributed by atoms with Crippen molar-refractivity contribution in [2.24, 2.45) is 7.05 Å². The number of piperidine rings is 1. The first-order valence-electron chi connectivity index (χ1n) is 8.57. The third-order valence-corrected chi connectivity index (χ3v) is 5.64. The molecule has 1 aromatic carbocycles. The molecule has 7 heteroatoms. The summed E-state index contributed by atoms with van der Waals surface area (Å²) in [6, 6.07) is 8.06.